The van der Waals surface area contributed by atoms with Crippen LogP contribution in [0.25, 0.3) is 0 Å². The Balaban J connectivity index is 2.37. The Labute approximate surface area is 119 Å². The molecule has 1 heterocycles. The number of ether oxygens (including phenoxy) is 2. The second kappa shape index (κ2) is 5.79. The maximum atomic E-state index is 5.89. The molecule has 0 radical (unpaired) electrons. The number of halogens is 1. The van der Waals surface area contributed by atoms with E-state index in [1.165, 1.54) is 0 Å². The highest BCUT2D eigenvalue weighted by molar-refractivity contribution is 9.10. The van der Waals surface area contributed by atoms with Gasteiger partial charge in [0, 0.05) is 10.5 Å². The molecule has 0 saturated heterocycles. The molecule has 6 heteroatoms. The van der Waals surface area contributed by atoms with Crippen molar-refractivity contribution in [3.05, 3.63) is 34.8 Å². The lowest BCUT2D eigenvalue weighted by Crippen LogP contribution is -2.02. The van der Waals surface area contributed by atoms with Gasteiger partial charge in [0.05, 0.1) is 25.6 Å². The van der Waals surface area contributed by atoms with Crippen molar-refractivity contribution in [3.8, 4) is 11.6 Å². The minimum atomic E-state index is 0.491. The number of nitrogens with one attached hydrogen (secondary N) is 1. The fourth-order valence-electron chi connectivity index (χ4n) is 1.57. The third kappa shape index (κ3) is 3.08. The van der Waals surface area contributed by atoms with Crippen molar-refractivity contribution in [1.82, 2.24) is 4.98 Å². The molecule has 0 fully saturated rings. The number of nitrogen functional groups attached to an aromatic ring is 1. The predicted molar refractivity (Wildman–Crippen MR) is 79.2 cm³/mol. The first-order valence-electron chi connectivity index (χ1n) is 5.55. The largest absolute Gasteiger partial charge is 0.495 e. The number of benzene rings is 1. The van der Waals surface area contributed by atoms with Crippen LogP contribution in [0.3, 0.4) is 0 Å². The minimum Gasteiger partial charge on any atom is -0.495 e. The minimum absolute atomic E-state index is 0.491. The second-order valence-corrected chi connectivity index (χ2v) is 4.68. The number of anilines is 3. The average Bonchev–Trinajstić information content (AvgIpc) is 2.41. The summed E-state index contributed by atoms with van der Waals surface area (Å²) < 4.78 is 11.3. The molecular formula is C13H14BrN3O2. The lowest BCUT2D eigenvalue weighted by Gasteiger charge is -2.13. The van der Waals surface area contributed by atoms with E-state index >= 15 is 0 Å². The first-order valence-corrected chi connectivity index (χ1v) is 6.34. The molecule has 1 aromatic heterocycles. The number of aromatic nitrogens is 1. The smallest absolute Gasteiger partial charge is 0.215 e. The highest BCUT2D eigenvalue weighted by Crippen LogP contribution is 2.32. The number of pyridine rings is 1. The third-order valence-electron chi connectivity index (χ3n) is 2.52. The zero-order chi connectivity index (χ0) is 13.8. The fraction of sp³-hybridized carbons (Fsp3) is 0.154. The van der Waals surface area contributed by atoms with Gasteiger partial charge in [-0.1, -0.05) is 15.9 Å². The molecule has 1 aromatic carbocycles. The van der Waals surface area contributed by atoms with Crippen LogP contribution in [-0.4, -0.2) is 19.2 Å². The van der Waals surface area contributed by atoms with Crippen LogP contribution in [0.15, 0.2) is 34.8 Å². The van der Waals surface area contributed by atoms with Gasteiger partial charge in [0.25, 0.3) is 0 Å². The number of nitrogens with two attached hydrogens (primary N) is 1. The molecule has 2 aromatic rings. The lowest BCUT2D eigenvalue weighted by molar-refractivity contribution is 0.398. The topological polar surface area (TPSA) is 69.4 Å². The fourth-order valence-corrected chi connectivity index (χ4v) is 1.93. The van der Waals surface area contributed by atoms with Gasteiger partial charge < -0.3 is 20.5 Å². The Hall–Kier alpha value is -1.95. The Kier molecular flexibility index (Phi) is 4.11. The quantitative estimate of drug-likeness (QED) is 0.904. The standard InChI is InChI=1S/C13H14BrN3O2/c1-18-11-5-3-8(14)7-10(11)16-13-9(15)4-6-12(17-13)19-2/h3-7H,15H2,1-2H3,(H,16,17). The molecule has 0 aliphatic rings. The zero-order valence-electron chi connectivity index (χ0n) is 10.6. The van der Waals surface area contributed by atoms with Crippen LogP contribution in [0.5, 0.6) is 11.6 Å². The van der Waals surface area contributed by atoms with Crippen LogP contribution in [0.2, 0.25) is 0 Å². The molecule has 0 spiro atoms. The molecule has 0 amide bonds. The number of nitrogens with zero attached hydrogens (tertiary/aromatic N) is 1. The zero-order valence-corrected chi connectivity index (χ0v) is 12.2. The van der Waals surface area contributed by atoms with E-state index in [9.17, 15) is 0 Å². The van der Waals surface area contributed by atoms with E-state index in [1.807, 2.05) is 18.2 Å². The Morgan fingerprint density at radius 3 is 2.63 bits per heavy atom. The van der Waals surface area contributed by atoms with Gasteiger partial charge in [-0.05, 0) is 24.3 Å². The van der Waals surface area contributed by atoms with E-state index in [-0.39, 0.29) is 0 Å². The van der Waals surface area contributed by atoms with E-state index in [0.717, 1.165) is 10.2 Å². The summed E-state index contributed by atoms with van der Waals surface area (Å²) in [6.07, 6.45) is 0. The van der Waals surface area contributed by atoms with Crippen molar-refractivity contribution in [2.24, 2.45) is 0 Å². The monoisotopic (exact) mass is 323 g/mol. The molecule has 0 saturated carbocycles. The third-order valence-corrected chi connectivity index (χ3v) is 3.02. The first kappa shape index (κ1) is 13.5. The summed E-state index contributed by atoms with van der Waals surface area (Å²) in [6.45, 7) is 0. The number of hydrogen-bond donors (Lipinski definition) is 2. The van der Waals surface area contributed by atoms with Crippen LogP contribution >= 0.6 is 15.9 Å². The van der Waals surface area contributed by atoms with Crippen molar-refractivity contribution in [3.63, 3.8) is 0 Å². The molecule has 5 nitrogen and oxygen atoms in total. The van der Waals surface area contributed by atoms with E-state index < -0.39 is 0 Å². The Morgan fingerprint density at radius 2 is 1.95 bits per heavy atom. The van der Waals surface area contributed by atoms with Crippen LogP contribution in [-0.2, 0) is 0 Å². The number of rotatable bonds is 4. The number of methoxy groups -OCH3 is 2. The molecular weight excluding hydrogens is 310 g/mol. The normalized spacial score (nSPS) is 10.1. The molecule has 3 N–H and O–H groups in total. The van der Waals surface area contributed by atoms with Gasteiger partial charge in [-0.3, -0.25) is 0 Å². The van der Waals surface area contributed by atoms with E-state index in [0.29, 0.717) is 23.1 Å². The summed E-state index contributed by atoms with van der Waals surface area (Å²) in [5.74, 6) is 1.72. The lowest BCUT2D eigenvalue weighted by atomic mass is 10.3. The van der Waals surface area contributed by atoms with Crippen LogP contribution in [0.4, 0.5) is 17.2 Å². The SMILES string of the molecule is COc1ccc(N)c(Nc2cc(Br)ccc2OC)n1. The van der Waals surface area contributed by atoms with Crippen molar-refractivity contribution in [2.45, 2.75) is 0 Å². The van der Waals surface area contributed by atoms with Crippen molar-refractivity contribution in [2.75, 3.05) is 25.3 Å². The maximum Gasteiger partial charge on any atom is 0.215 e. The second-order valence-electron chi connectivity index (χ2n) is 3.76. The molecule has 2 rings (SSSR count). The summed E-state index contributed by atoms with van der Waals surface area (Å²) in [7, 11) is 3.17. The molecule has 0 atom stereocenters. The Bertz CT molecular complexity index is 590. The van der Waals surface area contributed by atoms with Gasteiger partial charge in [0.15, 0.2) is 5.82 Å². The number of hydrogen-bond acceptors (Lipinski definition) is 5. The van der Waals surface area contributed by atoms with Crippen molar-refractivity contribution < 1.29 is 9.47 Å². The van der Waals surface area contributed by atoms with Gasteiger partial charge in [-0.15, -0.1) is 0 Å². The van der Waals surface area contributed by atoms with E-state index in [1.54, 1.807) is 26.4 Å². The summed E-state index contributed by atoms with van der Waals surface area (Å²) in [5, 5.41) is 3.14. The van der Waals surface area contributed by atoms with Crippen molar-refractivity contribution in [1.29, 1.82) is 0 Å². The van der Waals surface area contributed by atoms with E-state index in [4.69, 9.17) is 15.2 Å². The molecule has 0 aliphatic carbocycles. The van der Waals surface area contributed by atoms with Gasteiger partial charge in [-0.25, -0.2) is 0 Å². The molecule has 19 heavy (non-hydrogen) atoms. The average molecular weight is 324 g/mol. The van der Waals surface area contributed by atoms with Crippen LogP contribution in [0, 0.1) is 0 Å². The molecule has 0 aliphatic heterocycles. The highest BCUT2D eigenvalue weighted by Gasteiger charge is 2.08. The van der Waals surface area contributed by atoms with Crippen molar-refractivity contribution >= 4 is 33.1 Å². The first-order chi connectivity index (χ1) is 9.13. The van der Waals surface area contributed by atoms with Crippen LogP contribution < -0.4 is 20.5 Å². The van der Waals surface area contributed by atoms with Crippen LogP contribution in [0.1, 0.15) is 0 Å². The van der Waals surface area contributed by atoms with Gasteiger partial charge in [0.1, 0.15) is 5.75 Å². The summed E-state index contributed by atoms with van der Waals surface area (Å²) in [6, 6.07) is 9.08. The predicted octanol–water partition coefficient (Wildman–Crippen LogP) is 3.19. The molecule has 0 unspecified atom stereocenters. The maximum absolute atomic E-state index is 5.89. The highest BCUT2D eigenvalue weighted by atomic mass is 79.9. The summed E-state index contributed by atoms with van der Waals surface area (Å²) in [5.41, 5.74) is 7.19. The molecule has 0 bridgehead atoms. The Morgan fingerprint density at radius 1 is 1.16 bits per heavy atom. The molecule has 100 valence electrons. The van der Waals surface area contributed by atoms with Gasteiger partial charge in [-0.2, -0.15) is 4.98 Å². The summed E-state index contributed by atoms with van der Waals surface area (Å²) >= 11 is 3.41. The van der Waals surface area contributed by atoms with Gasteiger partial charge in [0.2, 0.25) is 5.88 Å². The van der Waals surface area contributed by atoms with E-state index in [2.05, 4.69) is 26.2 Å². The summed E-state index contributed by atoms with van der Waals surface area (Å²) in [4.78, 5) is 4.26. The van der Waals surface area contributed by atoms with Gasteiger partial charge >= 0.3 is 0 Å².